The summed E-state index contributed by atoms with van der Waals surface area (Å²) in [4.78, 5) is 34.7. The summed E-state index contributed by atoms with van der Waals surface area (Å²) in [7, 11) is 0. The van der Waals surface area contributed by atoms with Crippen LogP contribution in [0.1, 0.15) is 35.5 Å². The summed E-state index contributed by atoms with van der Waals surface area (Å²) >= 11 is 0. The Kier molecular flexibility index (Phi) is 7.39. The van der Waals surface area contributed by atoms with Gasteiger partial charge in [-0.25, -0.2) is 10.2 Å². The Morgan fingerprint density at radius 3 is 2.55 bits per heavy atom. The number of carbonyl (C=O) groups excluding carboxylic acids is 2. The first-order valence-corrected chi connectivity index (χ1v) is 10.3. The van der Waals surface area contributed by atoms with Gasteiger partial charge in [-0.05, 0) is 56.7 Å². The Balaban J connectivity index is 1.66. The van der Waals surface area contributed by atoms with E-state index < -0.39 is 16.8 Å². The van der Waals surface area contributed by atoms with Crippen LogP contribution in [0.15, 0.2) is 47.6 Å². The molecule has 1 amide bonds. The molecular weight excluding hydrogens is 428 g/mol. The SMILES string of the molecule is CCOC(=O)c1c(C)n(CC)c2ccc(OCC(=O)N/N=C/c3ccc([N+](=O)[O-])cc3)cc12. The van der Waals surface area contributed by atoms with Crippen LogP contribution in [0.5, 0.6) is 5.75 Å². The zero-order valence-corrected chi connectivity index (χ0v) is 18.5. The fraction of sp³-hybridized carbons (Fsp3) is 0.261. The molecule has 1 N–H and O–H groups in total. The summed E-state index contributed by atoms with van der Waals surface area (Å²) in [6, 6.07) is 11.0. The zero-order chi connectivity index (χ0) is 24.0. The van der Waals surface area contributed by atoms with E-state index in [0.29, 0.717) is 28.8 Å². The number of hydrazone groups is 1. The maximum absolute atomic E-state index is 12.5. The lowest BCUT2D eigenvalue weighted by molar-refractivity contribution is -0.384. The summed E-state index contributed by atoms with van der Waals surface area (Å²) in [6.45, 7) is 6.29. The number of nitrogens with one attached hydrogen (secondary N) is 1. The van der Waals surface area contributed by atoms with Crippen molar-refractivity contribution in [3.63, 3.8) is 0 Å². The van der Waals surface area contributed by atoms with E-state index in [9.17, 15) is 19.7 Å². The number of aryl methyl sites for hydroxylation is 1. The number of nitrogens with zero attached hydrogens (tertiary/aromatic N) is 3. The van der Waals surface area contributed by atoms with Crippen molar-refractivity contribution in [1.82, 2.24) is 9.99 Å². The van der Waals surface area contributed by atoms with Gasteiger partial charge < -0.3 is 14.0 Å². The van der Waals surface area contributed by atoms with Crippen LogP contribution in [0.4, 0.5) is 5.69 Å². The lowest BCUT2D eigenvalue weighted by atomic mass is 10.1. The van der Waals surface area contributed by atoms with Gasteiger partial charge >= 0.3 is 5.97 Å². The molecule has 1 aromatic heterocycles. The zero-order valence-electron chi connectivity index (χ0n) is 18.5. The first-order chi connectivity index (χ1) is 15.8. The second kappa shape index (κ2) is 10.4. The first-order valence-electron chi connectivity index (χ1n) is 10.3. The van der Waals surface area contributed by atoms with Crippen LogP contribution in [0, 0.1) is 17.0 Å². The number of ether oxygens (including phenoxy) is 2. The van der Waals surface area contributed by atoms with Crippen molar-refractivity contribution in [2.45, 2.75) is 27.3 Å². The van der Waals surface area contributed by atoms with Gasteiger partial charge in [0.1, 0.15) is 5.75 Å². The molecule has 0 aliphatic heterocycles. The number of nitro groups is 1. The van der Waals surface area contributed by atoms with E-state index in [4.69, 9.17) is 9.47 Å². The number of fused-ring (bicyclic) bond motifs is 1. The number of esters is 1. The predicted molar refractivity (Wildman–Crippen MR) is 123 cm³/mol. The van der Waals surface area contributed by atoms with Gasteiger partial charge in [-0.1, -0.05) is 0 Å². The number of hydrogen-bond donors (Lipinski definition) is 1. The van der Waals surface area contributed by atoms with Gasteiger partial charge in [0, 0.05) is 35.3 Å². The van der Waals surface area contributed by atoms with E-state index in [1.807, 2.05) is 24.5 Å². The van der Waals surface area contributed by atoms with Crippen LogP contribution in [-0.2, 0) is 16.1 Å². The summed E-state index contributed by atoms with van der Waals surface area (Å²) < 4.78 is 12.8. The van der Waals surface area contributed by atoms with Crippen molar-refractivity contribution in [1.29, 1.82) is 0 Å². The second-order valence-electron chi connectivity index (χ2n) is 7.03. The molecule has 0 aliphatic rings. The van der Waals surface area contributed by atoms with Crippen LogP contribution < -0.4 is 10.2 Å². The molecule has 3 aromatic rings. The fourth-order valence-electron chi connectivity index (χ4n) is 3.46. The molecule has 0 unspecified atom stereocenters. The summed E-state index contributed by atoms with van der Waals surface area (Å²) in [5, 5.41) is 15.2. The normalized spacial score (nSPS) is 11.0. The smallest absolute Gasteiger partial charge is 0.340 e. The lowest BCUT2D eigenvalue weighted by Crippen LogP contribution is -2.24. The maximum atomic E-state index is 12.5. The molecule has 0 spiro atoms. The molecule has 0 radical (unpaired) electrons. The van der Waals surface area contributed by atoms with Gasteiger partial charge in [0.15, 0.2) is 6.61 Å². The molecule has 33 heavy (non-hydrogen) atoms. The Morgan fingerprint density at radius 1 is 1.18 bits per heavy atom. The summed E-state index contributed by atoms with van der Waals surface area (Å²) in [6.07, 6.45) is 1.37. The van der Waals surface area contributed by atoms with Crippen molar-refractivity contribution < 1.29 is 24.0 Å². The number of amides is 1. The third-order valence-electron chi connectivity index (χ3n) is 4.97. The molecule has 10 nitrogen and oxygen atoms in total. The highest BCUT2D eigenvalue weighted by Gasteiger charge is 2.21. The standard InChI is InChI=1S/C23H24N4O6/c1-4-26-15(3)22(23(29)32-5-2)19-12-18(10-11-20(19)26)33-14-21(28)25-24-13-16-6-8-17(9-7-16)27(30)31/h6-13H,4-5,14H2,1-3H3,(H,25,28)/b24-13+. The minimum absolute atomic E-state index is 0.0304. The Hall–Kier alpha value is -4.21. The number of rotatable bonds is 9. The van der Waals surface area contributed by atoms with Crippen molar-refractivity contribution in [3.05, 3.63) is 69.4 Å². The molecular formula is C23H24N4O6. The van der Waals surface area contributed by atoms with Gasteiger partial charge in [0.05, 0.1) is 23.3 Å². The number of hydrogen-bond acceptors (Lipinski definition) is 7. The molecule has 0 bridgehead atoms. The van der Waals surface area contributed by atoms with Gasteiger partial charge in [-0.2, -0.15) is 5.10 Å². The van der Waals surface area contributed by atoms with Crippen molar-refractivity contribution in [2.75, 3.05) is 13.2 Å². The number of carbonyl (C=O) groups is 2. The topological polar surface area (TPSA) is 125 Å². The molecule has 2 aromatic carbocycles. The minimum Gasteiger partial charge on any atom is -0.484 e. The molecule has 10 heteroatoms. The average molecular weight is 452 g/mol. The molecule has 0 atom stereocenters. The Morgan fingerprint density at radius 2 is 1.91 bits per heavy atom. The van der Waals surface area contributed by atoms with Crippen LogP contribution in [0.25, 0.3) is 10.9 Å². The van der Waals surface area contributed by atoms with Crippen LogP contribution in [0.2, 0.25) is 0 Å². The third kappa shape index (κ3) is 5.35. The van der Waals surface area contributed by atoms with Gasteiger partial charge in [-0.15, -0.1) is 0 Å². The van der Waals surface area contributed by atoms with Crippen molar-refractivity contribution in [2.24, 2.45) is 5.10 Å². The maximum Gasteiger partial charge on any atom is 0.340 e. The molecule has 0 saturated carbocycles. The molecule has 0 saturated heterocycles. The monoisotopic (exact) mass is 452 g/mol. The average Bonchev–Trinajstić information content (AvgIpc) is 3.08. The van der Waals surface area contributed by atoms with E-state index >= 15 is 0 Å². The van der Waals surface area contributed by atoms with Gasteiger partial charge in [-0.3, -0.25) is 14.9 Å². The third-order valence-corrected chi connectivity index (χ3v) is 4.97. The van der Waals surface area contributed by atoms with Crippen molar-refractivity contribution in [3.8, 4) is 5.75 Å². The van der Waals surface area contributed by atoms with E-state index in [2.05, 4.69) is 10.5 Å². The van der Waals surface area contributed by atoms with Gasteiger partial charge in [0.2, 0.25) is 0 Å². The largest absolute Gasteiger partial charge is 0.484 e. The molecule has 0 aliphatic carbocycles. The van der Waals surface area contributed by atoms with E-state index in [-0.39, 0.29) is 18.9 Å². The highest BCUT2D eigenvalue weighted by Crippen LogP contribution is 2.30. The van der Waals surface area contributed by atoms with Crippen LogP contribution in [-0.4, -0.2) is 40.8 Å². The summed E-state index contributed by atoms with van der Waals surface area (Å²) in [5.41, 5.74) is 5.07. The number of nitro benzene ring substituents is 1. The number of benzene rings is 2. The predicted octanol–water partition coefficient (Wildman–Crippen LogP) is 3.58. The summed E-state index contributed by atoms with van der Waals surface area (Å²) in [5.74, 6) is -0.459. The molecule has 172 valence electrons. The highest BCUT2D eigenvalue weighted by atomic mass is 16.6. The Labute approximate surface area is 189 Å². The minimum atomic E-state index is -0.494. The van der Waals surface area contributed by atoms with E-state index in [1.165, 1.54) is 30.5 Å². The first kappa shape index (κ1) is 23.5. The molecule has 3 rings (SSSR count). The number of non-ortho nitro benzene ring substituents is 1. The fourth-order valence-corrected chi connectivity index (χ4v) is 3.46. The van der Waals surface area contributed by atoms with E-state index in [0.717, 1.165) is 11.2 Å². The molecule has 1 heterocycles. The lowest BCUT2D eigenvalue weighted by Gasteiger charge is -2.07. The van der Waals surface area contributed by atoms with E-state index in [1.54, 1.807) is 19.1 Å². The quantitative estimate of drug-likeness (QED) is 0.229. The Bertz CT molecular complexity index is 1210. The van der Waals surface area contributed by atoms with Crippen LogP contribution in [0.3, 0.4) is 0 Å². The molecule has 0 fully saturated rings. The van der Waals surface area contributed by atoms with Crippen LogP contribution >= 0.6 is 0 Å². The van der Waals surface area contributed by atoms with Crippen molar-refractivity contribution >= 4 is 34.7 Å². The second-order valence-corrected chi connectivity index (χ2v) is 7.03. The highest BCUT2D eigenvalue weighted by molar-refractivity contribution is 6.06. The number of aromatic nitrogens is 1. The van der Waals surface area contributed by atoms with Gasteiger partial charge in [0.25, 0.3) is 11.6 Å².